The highest BCUT2D eigenvalue weighted by Crippen LogP contribution is 1.95. The Hall–Kier alpha value is 0.160. The summed E-state index contributed by atoms with van der Waals surface area (Å²) < 4.78 is 29.7. The number of hydrogen-bond donors (Lipinski definition) is 1. The van der Waals surface area contributed by atoms with Crippen LogP contribution in [0.15, 0.2) is 0 Å². The van der Waals surface area contributed by atoms with Gasteiger partial charge in [-0.2, -0.15) is 0 Å². The van der Waals surface area contributed by atoms with Crippen LogP contribution in [0.2, 0.25) is 0 Å². The smallest absolute Gasteiger partial charge is 0.213 e. The van der Waals surface area contributed by atoms with Crippen LogP contribution < -0.4 is 4.72 Å². The van der Waals surface area contributed by atoms with E-state index in [1.165, 1.54) is 0 Å². The van der Waals surface area contributed by atoms with Gasteiger partial charge in [-0.1, -0.05) is 0 Å². The highest BCUT2D eigenvalue weighted by atomic mass is 35.5. The normalized spacial score (nSPS) is 14.4. The van der Waals surface area contributed by atoms with Gasteiger partial charge in [0, 0.05) is 25.6 Å². The first-order valence-electron chi connectivity index (χ1n) is 4.06. The molecule has 0 aromatic carbocycles. The summed E-state index contributed by atoms with van der Waals surface area (Å²) in [4.78, 5) is 0. The van der Waals surface area contributed by atoms with Crippen LogP contribution >= 0.6 is 11.6 Å². The third kappa shape index (κ3) is 7.25. The lowest BCUT2D eigenvalue weighted by Gasteiger charge is -2.12. The van der Waals surface area contributed by atoms with Crippen molar-refractivity contribution in [2.45, 2.75) is 19.4 Å². The summed E-state index contributed by atoms with van der Waals surface area (Å²) in [5, 5.41) is 0. The molecule has 6 heteroatoms. The lowest BCUT2D eigenvalue weighted by atomic mass is 10.3. The Kier molecular flexibility index (Phi) is 6.67. The molecule has 80 valence electrons. The first-order chi connectivity index (χ1) is 6.02. The van der Waals surface area contributed by atoms with E-state index in [9.17, 15) is 8.42 Å². The summed E-state index contributed by atoms with van der Waals surface area (Å²) in [6, 6.07) is -0.104. The molecule has 0 spiro atoms. The monoisotopic (exact) mass is 229 g/mol. The second kappa shape index (κ2) is 6.59. The van der Waals surface area contributed by atoms with E-state index in [-0.39, 0.29) is 17.7 Å². The molecule has 0 saturated heterocycles. The average molecular weight is 230 g/mol. The van der Waals surface area contributed by atoms with Gasteiger partial charge >= 0.3 is 0 Å². The Morgan fingerprint density at radius 2 is 2.15 bits per heavy atom. The summed E-state index contributed by atoms with van der Waals surface area (Å²) in [6.45, 7) is 2.34. The molecule has 0 saturated carbocycles. The Bertz CT molecular complexity index is 218. The standard InChI is InChI=1S/C7H16ClNO3S/c1-7(3-5-12-2)9-13(10,11)6-4-8/h7,9H,3-6H2,1-2H3. The summed E-state index contributed by atoms with van der Waals surface area (Å²) in [5.41, 5.74) is 0. The van der Waals surface area contributed by atoms with Gasteiger partial charge < -0.3 is 4.74 Å². The maximum Gasteiger partial charge on any atom is 0.213 e. The third-order valence-electron chi connectivity index (χ3n) is 1.48. The number of halogens is 1. The van der Waals surface area contributed by atoms with E-state index in [4.69, 9.17) is 16.3 Å². The van der Waals surface area contributed by atoms with Gasteiger partial charge in [0.2, 0.25) is 10.0 Å². The lowest BCUT2D eigenvalue weighted by Crippen LogP contribution is -2.35. The molecule has 1 unspecified atom stereocenters. The van der Waals surface area contributed by atoms with Crippen molar-refractivity contribution in [2.75, 3.05) is 25.3 Å². The fraction of sp³-hybridized carbons (Fsp3) is 1.00. The minimum atomic E-state index is -3.20. The molecule has 0 fully saturated rings. The van der Waals surface area contributed by atoms with Gasteiger partial charge in [-0.25, -0.2) is 13.1 Å². The molecule has 0 heterocycles. The van der Waals surface area contributed by atoms with Gasteiger partial charge in [0.05, 0.1) is 5.75 Å². The number of methoxy groups -OCH3 is 1. The van der Waals surface area contributed by atoms with Crippen LogP contribution in [0.1, 0.15) is 13.3 Å². The van der Waals surface area contributed by atoms with E-state index < -0.39 is 10.0 Å². The third-order valence-corrected chi connectivity index (χ3v) is 3.40. The van der Waals surface area contributed by atoms with Gasteiger partial charge in [-0.15, -0.1) is 11.6 Å². The van der Waals surface area contributed by atoms with Crippen molar-refractivity contribution in [1.82, 2.24) is 4.72 Å². The molecule has 0 amide bonds. The van der Waals surface area contributed by atoms with Gasteiger partial charge in [0.15, 0.2) is 0 Å². The van der Waals surface area contributed by atoms with Gasteiger partial charge in [0.1, 0.15) is 0 Å². The maximum atomic E-state index is 11.2. The number of ether oxygens (including phenoxy) is 1. The molecule has 0 rings (SSSR count). The zero-order chi connectivity index (χ0) is 10.3. The Morgan fingerprint density at radius 3 is 2.62 bits per heavy atom. The van der Waals surface area contributed by atoms with Crippen molar-refractivity contribution < 1.29 is 13.2 Å². The second-order valence-electron chi connectivity index (χ2n) is 2.81. The van der Waals surface area contributed by atoms with Gasteiger partial charge in [-0.3, -0.25) is 0 Å². The van der Waals surface area contributed by atoms with Crippen molar-refractivity contribution in [3.63, 3.8) is 0 Å². The zero-order valence-electron chi connectivity index (χ0n) is 7.92. The quantitative estimate of drug-likeness (QED) is 0.650. The minimum absolute atomic E-state index is 0.0358. The van der Waals surface area contributed by atoms with Crippen LogP contribution in [-0.4, -0.2) is 39.8 Å². The fourth-order valence-corrected chi connectivity index (χ4v) is 2.48. The van der Waals surface area contributed by atoms with Gasteiger partial charge in [0.25, 0.3) is 0 Å². The molecule has 0 aliphatic carbocycles. The summed E-state index contributed by atoms with van der Waals surface area (Å²) >= 11 is 5.33. The van der Waals surface area contributed by atoms with Crippen molar-refractivity contribution >= 4 is 21.6 Å². The largest absolute Gasteiger partial charge is 0.385 e. The fourth-order valence-electron chi connectivity index (χ4n) is 0.821. The number of rotatable bonds is 7. The molecule has 0 aliphatic heterocycles. The molecular formula is C7H16ClNO3S. The van der Waals surface area contributed by atoms with Crippen LogP contribution in [0.3, 0.4) is 0 Å². The molecule has 1 atom stereocenters. The van der Waals surface area contributed by atoms with E-state index in [2.05, 4.69) is 4.72 Å². The summed E-state index contributed by atoms with van der Waals surface area (Å²) in [6.07, 6.45) is 0.665. The van der Waals surface area contributed by atoms with Crippen molar-refractivity contribution in [1.29, 1.82) is 0 Å². The number of hydrogen-bond acceptors (Lipinski definition) is 3. The summed E-state index contributed by atoms with van der Waals surface area (Å²) in [7, 11) is -1.62. The van der Waals surface area contributed by atoms with Crippen LogP contribution in [0.4, 0.5) is 0 Å². The van der Waals surface area contributed by atoms with Crippen LogP contribution in [0.25, 0.3) is 0 Å². The summed E-state index contributed by atoms with van der Waals surface area (Å²) in [5.74, 6) is 0.0816. The van der Waals surface area contributed by atoms with Gasteiger partial charge in [-0.05, 0) is 13.3 Å². The SMILES string of the molecule is COCCC(C)NS(=O)(=O)CCCl. The van der Waals surface area contributed by atoms with E-state index >= 15 is 0 Å². The first kappa shape index (κ1) is 13.2. The predicted octanol–water partition coefficient (Wildman–Crippen LogP) is 0.570. The highest BCUT2D eigenvalue weighted by Gasteiger charge is 2.12. The van der Waals surface area contributed by atoms with E-state index in [0.29, 0.717) is 13.0 Å². The minimum Gasteiger partial charge on any atom is -0.385 e. The topological polar surface area (TPSA) is 55.4 Å². The lowest BCUT2D eigenvalue weighted by molar-refractivity contribution is 0.188. The zero-order valence-corrected chi connectivity index (χ0v) is 9.49. The molecule has 0 aromatic heterocycles. The number of nitrogens with one attached hydrogen (secondary N) is 1. The van der Waals surface area contributed by atoms with E-state index in [1.807, 2.05) is 0 Å². The molecule has 0 bridgehead atoms. The molecular weight excluding hydrogens is 214 g/mol. The second-order valence-corrected chi connectivity index (χ2v) is 5.06. The van der Waals surface area contributed by atoms with Crippen molar-refractivity contribution in [3.8, 4) is 0 Å². The van der Waals surface area contributed by atoms with Crippen LogP contribution in [0.5, 0.6) is 0 Å². The predicted molar refractivity (Wildman–Crippen MR) is 53.6 cm³/mol. The highest BCUT2D eigenvalue weighted by molar-refractivity contribution is 7.89. The molecule has 0 aromatic rings. The molecule has 0 radical (unpaired) electrons. The van der Waals surface area contributed by atoms with Crippen LogP contribution in [-0.2, 0) is 14.8 Å². The molecule has 13 heavy (non-hydrogen) atoms. The Balaban J connectivity index is 3.82. The average Bonchev–Trinajstić information content (AvgIpc) is 1.99. The van der Waals surface area contributed by atoms with Crippen LogP contribution in [0, 0.1) is 0 Å². The first-order valence-corrected chi connectivity index (χ1v) is 6.25. The van der Waals surface area contributed by atoms with E-state index in [1.54, 1.807) is 14.0 Å². The Labute approximate surface area is 84.7 Å². The van der Waals surface area contributed by atoms with Crippen molar-refractivity contribution in [3.05, 3.63) is 0 Å². The molecule has 4 nitrogen and oxygen atoms in total. The number of sulfonamides is 1. The molecule has 1 N–H and O–H groups in total. The van der Waals surface area contributed by atoms with Crippen molar-refractivity contribution in [2.24, 2.45) is 0 Å². The maximum absolute atomic E-state index is 11.2. The number of alkyl halides is 1. The molecule has 0 aliphatic rings. The Morgan fingerprint density at radius 1 is 1.54 bits per heavy atom. The van der Waals surface area contributed by atoms with E-state index in [0.717, 1.165) is 0 Å².